The van der Waals surface area contributed by atoms with Crippen LogP contribution in [0.5, 0.6) is 0 Å². The lowest BCUT2D eigenvalue weighted by Gasteiger charge is -2.34. The van der Waals surface area contributed by atoms with Crippen LogP contribution in [0.4, 0.5) is 0 Å². The highest BCUT2D eigenvalue weighted by atomic mass is 32.2. The molecule has 0 bridgehead atoms. The summed E-state index contributed by atoms with van der Waals surface area (Å²) in [5.74, 6) is 0.248. The van der Waals surface area contributed by atoms with Crippen LogP contribution in [-0.4, -0.2) is 49.7 Å². The summed E-state index contributed by atoms with van der Waals surface area (Å²) < 4.78 is 26.7. The Morgan fingerprint density at radius 1 is 0.926 bits per heavy atom. The summed E-state index contributed by atoms with van der Waals surface area (Å²) in [5, 5.41) is 0. The smallest absolute Gasteiger partial charge is 0.223 e. The SMILES string of the molecule is C[C@@H](CC(=O)N1CCN(S(=O)(=O)Cc2ccccc2)CC1)c1ccccc1. The Kier molecular flexibility index (Phi) is 6.29. The molecule has 0 radical (unpaired) electrons. The highest BCUT2D eigenvalue weighted by molar-refractivity contribution is 7.88. The van der Waals surface area contributed by atoms with Gasteiger partial charge in [-0.15, -0.1) is 0 Å². The van der Waals surface area contributed by atoms with Gasteiger partial charge in [0.25, 0.3) is 0 Å². The van der Waals surface area contributed by atoms with Crippen molar-refractivity contribution in [2.45, 2.75) is 25.0 Å². The Morgan fingerprint density at radius 3 is 2.07 bits per heavy atom. The first-order valence-corrected chi connectivity index (χ1v) is 10.9. The molecule has 1 amide bonds. The predicted molar refractivity (Wildman–Crippen MR) is 107 cm³/mol. The summed E-state index contributed by atoms with van der Waals surface area (Å²) >= 11 is 0. The average molecular weight is 387 g/mol. The standard InChI is InChI=1S/C21H26N2O3S/c1-18(20-10-6-3-7-11-20)16-21(24)22-12-14-23(15-13-22)27(25,26)17-19-8-4-2-5-9-19/h2-11,18H,12-17H2,1H3/t18-/m0/s1. The number of piperazine rings is 1. The Bertz CT molecular complexity index is 846. The number of amides is 1. The molecule has 6 heteroatoms. The zero-order valence-corrected chi connectivity index (χ0v) is 16.4. The Morgan fingerprint density at radius 2 is 1.48 bits per heavy atom. The molecule has 1 saturated heterocycles. The van der Waals surface area contributed by atoms with E-state index in [2.05, 4.69) is 0 Å². The van der Waals surface area contributed by atoms with E-state index >= 15 is 0 Å². The van der Waals surface area contributed by atoms with Gasteiger partial charge in [0.15, 0.2) is 0 Å². The van der Waals surface area contributed by atoms with Gasteiger partial charge in [0.2, 0.25) is 15.9 Å². The molecule has 0 aliphatic carbocycles. The number of benzene rings is 2. The van der Waals surface area contributed by atoms with E-state index in [0.717, 1.165) is 11.1 Å². The van der Waals surface area contributed by atoms with E-state index in [4.69, 9.17) is 0 Å². The van der Waals surface area contributed by atoms with Gasteiger partial charge in [-0.1, -0.05) is 67.6 Å². The molecule has 1 aliphatic heterocycles. The molecule has 5 nitrogen and oxygen atoms in total. The van der Waals surface area contributed by atoms with Gasteiger partial charge < -0.3 is 4.90 Å². The largest absolute Gasteiger partial charge is 0.340 e. The van der Waals surface area contributed by atoms with E-state index in [1.165, 1.54) is 4.31 Å². The predicted octanol–water partition coefficient (Wildman–Crippen LogP) is 2.85. The third kappa shape index (κ3) is 5.17. The molecule has 2 aromatic carbocycles. The molecular weight excluding hydrogens is 360 g/mol. The molecule has 1 fully saturated rings. The maximum absolute atomic E-state index is 12.6. The van der Waals surface area contributed by atoms with Crippen LogP contribution in [0.25, 0.3) is 0 Å². The molecule has 0 spiro atoms. The summed E-state index contributed by atoms with van der Waals surface area (Å²) in [7, 11) is -3.36. The zero-order valence-electron chi connectivity index (χ0n) is 15.6. The number of hydrogen-bond donors (Lipinski definition) is 0. The number of rotatable bonds is 6. The van der Waals surface area contributed by atoms with Crippen LogP contribution < -0.4 is 0 Å². The fourth-order valence-electron chi connectivity index (χ4n) is 3.38. The number of carbonyl (C=O) groups excluding carboxylic acids is 1. The van der Waals surface area contributed by atoms with Crippen molar-refractivity contribution < 1.29 is 13.2 Å². The molecule has 2 aromatic rings. The third-order valence-electron chi connectivity index (χ3n) is 5.03. The van der Waals surface area contributed by atoms with Gasteiger partial charge in [0, 0.05) is 32.6 Å². The first-order valence-electron chi connectivity index (χ1n) is 9.30. The number of nitrogens with zero attached hydrogens (tertiary/aromatic N) is 2. The van der Waals surface area contributed by atoms with Crippen LogP contribution in [0, 0.1) is 0 Å². The van der Waals surface area contributed by atoms with E-state index in [1.54, 1.807) is 4.90 Å². The van der Waals surface area contributed by atoms with Crippen LogP contribution >= 0.6 is 0 Å². The van der Waals surface area contributed by atoms with Crippen LogP contribution in [0.2, 0.25) is 0 Å². The van der Waals surface area contributed by atoms with Crippen LogP contribution in [0.1, 0.15) is 30.4 Å². The van der Waals surface area contributed by atoms with Gasteiger partial charge in [-0.05, 0) is 17.0 Å². The van der Waals surface area contributed by atoms with Crippen molar-refractivity contribution in [1.82, 2.24) is 9.21 Å². The molecule has 0 aromatic heterocycles. The summed E-state index contributed by atoms with van der Waals surface area (Å²) in [4.78, 5) is 14.4. The second kappa shape index (κ2) is 8.67. The fourth-order valence-corrected chi connectivity index (χ4v) is 4.90. The molecule has 144 valence electrons. The lowest BCUT2D eigenvalue weighted by molar-refractivity contribution is -0.132. The van der Waals surface area contributed by atoms with Crippen molar-refractivity contribution in [2.75, 3.05) is 26.2 Å². The second-order valence-corrected chi connectivity index (χ2v) is 9.01. The lowest BCUT2D eigenvalue weighted by Crippen LogP contribution is -2.50. The monoisotopic (exact) mass is 386 g/mol. The van der Waals surface area contributed by atoms with Gasteiger partial charge in [-0.2, -0.15) is 4.31 Å². The van der Waals surface area contributed by atoms with E-state index in [1.807, 2.05) is 67.6 Å². The Hall–Kier alpha value is -2.18. The lowest BCUT2D eigenvalue weighted by atomic mass is 9.97. The minimum absolute atomic E-state index is 0.00677. The summed E-state index contributed by atoms with van der Waals surface area (Å²) in [5.41, 5.74) is 1.93. The Balaban J connectivity index is 1.53. The maximum atomic E-state index is 12.6. The maximum Gasteiger partial charge on any atom is 0.223 e. The number of sulfonamides is 1. The van der Waals surface area contributed by atoms with Crippen molar-refractivity contribution in [2.24, 2.45) is 0 Å². The van der Waals surface area contributed by atoms with Crippen molar-refractivity contribution in [3.63, 3.8) is 0 Å². The summed E-state index contributed by atoms with van der Waals surface area (Å²) in [6.45, 7) is 3.68. The van der Waals surface area contributed by atoms with Gasteiger partial charge in [0.05, 0.1) is 5.75 Å². The summed E-state index contributed by atoms with van der Waals surface area (Å²) in [6.07, 6.45) is 0.445. The number of hydrogen-bond acceptors (Lipinski definition) is 3. The molecule has 0 N–H and O–H groups in total. The van der Waals surface area contributed by atoms with Crippen LogP contribution in [-0.2, 0) is 20.6 Å². The first kappa shape index (κ1) is 19.6. The van der Waals surface area contributed by atoms with E-state index in [9.17, 15) is 13.2 Å². The molecule has 1 heterocycles. The topological polar surface area (TPSA) is 57.7 Å². The summed E-state index contributed by atoms with van der Waals surface area (Å²) in [6, 6.07) is 19.2. The average Bonchev–Trinajstić information content (AvgIpc) is 2.69. The zero-order chi connectivity index (χ0) is 19.3. The quantitative estimate of drug-likeness (QED) is 0.767. The molecule has 1 aliphatic rings. The third-order valence-corrected chi connectivity index (χ3v) is 6.88. The van der Waals surface area contributed by atoms with Gasteiger partial charge in [-0.3, -0.25) is 4.79 Å². The molecule has 1 atom stereocenters. The minimum atomic E-state index is -3.36. The molecule has 27 heavy (non-hydrogen) atoms. The second-order valence-electron chi connectivity index (χ2n) is 7.04. The van der Waals surface area contributed by atoms with Crippen LogP contribution in [0.15, 0.2) is 60.7 Å². The highest BCUT2D eigenvalue weighted by Gasteiger charge is 2.29. The van der Waals surface area contributed by atoms with Crippen LogP contribution in [0.3, 0.4) is 0 Å². The first-order chi connectivity index (χ1) is 13.0. The normalized spacial score (nSPS) is 16.9. The molecule has 0 saturated carbocycles. The van der Waals surface area contributed by atoms with Gasteiger partial charge in [-0.25, -0.2) is 8.42 Å². The van der Waals surface area contributed by atoms with E-state index in [0.29, 0.717) is 32.6 Å². The molecular formula is C21H26N2O3S. The van der Waals surface area contributed by atoms with Crippen molar-refractivity contribution in [3.05, 3.63) is 71.8 Å². The fraction of sp³-hybridized carbons (Fsp3) is 0.381. The van der Waals surface area contributed by atoms with E-state index < -0.39 is 10.0 Å². The number of carbonyl (C=O) groups is 1. The van der Waals surface area contributed by atoms with Crippen molar-refractivity contribution in [3.8, 4) is 0 Å². The molecule has 0 unspecified atom stereocenters. The van der Waals surface area contributed by atoms with Crippen molar-refractivity contribution in [1.29, 1.82) is 0 Å². The molecule has 3 rings (SSSR count). The highest BCUT2D eigenvalue weighted by Crippen LogP contribution is 2.21. The minimum Gasteiger partial charge on any atom is -0.340 e. The Labute approximate surface area is 161 Å². The van der Waals surface area contributed by atoms with Crippen molar-refractivity contribution >= 4 is 15.9 Å². The van der Waals surface area contributed by atoms with Gasteiger partial charge >= 0.3 is 0 Å². The van der Waals surface area contributed by atoms with Gasteiger partial charge in [0.1, 0.15) is 0 Å². The van der Waals surface area contributed by atoms with E-state index in [-0.39, 0.29) is 17.6 Å².